The van der Waals surface area contributed by atoms with Gasteiger partial charge in [-0.15, -0.1) is 0 Å². The number of hydrogen-bond acceptors (Lipinski definition) is 4. The van der Waals surface area contributed by atoms with E-state index in [1.54, 1.807) is 12.1 Å². The lowest BCUT2D eigenvalue weighted by Crippen LogP contribution is -2.37. The third kappa shape index (κ3) is 5.74. The summed E-state index contributed by atoms with van der Waals surface area (Å²) in [5.41, 5.74) is 2.46. The van der Waals surface area contributed by atoms with Gasteiger partial charge in [-0.3, -0.25) is 10.1 Å². The molecular formula is C20H24N2O3S. The lowest BCUT2D eigenvalue weighted by Gasteiger charge is -2.21. The lowest BCUT2D eigenvalue weighted by atomic mass is 9.87. The molecule has 0 aliphatic heterocycles. The first-order chi connectivity index (χ1) is 12.1. The normalized spacial score (nSPS) is 10.9. The second-order valence-electron chi connectivity index (χ2n) is 7.09. The summed E-state index contributed by atoms with van der Waals surface area (Å²) in [4.78, 5) is 12.0. The summed E-state index contributed by atoms with van der Waals surface area (Å²) in [6, 6.07) is 12.7. The van der Waals surface area contributed by atoms with Gasteiger partial charge in [0, 0.05) is 0 Å². The maximum Gasteiger partial charge on any atom is 0.264 e. The minimum Gasteiger partial charge on any atom is -0.506 e. The van der Waals surface area contributed by atoms with E-state index < -0.39 is 0 Å². The number of aromatic hydroxyl groups is 1. The van der Waals surface area contributed by atoms with Crippen LogP contribution in [0.4, 0.5) is 5.69 Å². The summed E-state index contributed by atoms with van der Waals surface area (Å²) in [6.07, 6.45) is 0. The van der Waals surface area contributed by atoms with Crippen molar-refractivity contribution in [1.82, 2.24) is 5.32 Å². The van der Waals surface area contributed by atoms with Crippen molar-refractivity contribution in [3.05, 3.63) is 53.6 Å². The van der Waals surface area contributed by atoms with Crippen LogP contribution in [0.25, 0.3) is 0 Å². The minimum atomic E-state index is -0.379. The minimum absolute atomic E-state index is 0.0607. The largest absolute Gasteiger partial charge is 0.506 e. The number of nitrogens with one attached hydrogen (secondary N) is 2. The van der Waals surface area contributed by atoms with Crippen molar-refractivity contribution in [2.24, 2.45) is 0 Å². The van der Waals surface area contributed by atoms with E-state index in [9.17, 15) is 9.90 Å². The number of carbonyl (C=O) groups is 1. The first-order valence-corrected chi connectivity index (χ1v) is 8.70. The van der Waals surface area contributed by atoms with E-state index in [1.807, 2.05) is 37.3 Å². The smallest absolute Gasteiger partial charge is 0.264 e. The van der Waals surface area contributed by atoms with Gasteiger partial charge >= 0.3 is 0 Å². The monoisotopic (exact) mass is 372 g/mol. The van der Waals surface area contributed by atoms with Crippen LogP contribution in [0.15, 0.2) is 42.5 Å². The molecule has 2 aromatic rings. The Morgan fingerprint density at radius 1 is 1.19 bits per heavy atom. The van der Waals surface area contributed by atoms with Crippen molar-refractivity contribution in [3.63, 3.8) is 0 Å². The third-order valence-corrected chi connectivity index (χ3v) is 3.93. The quantitative estimate of drug-likeness (QED) is 0.561. The van der Waals surface area contributed by atoms with Gasteiger partial charge in [0.25, 0.3) is 5.91 Å². The summed E-state index contributed by atoms with van der Waals surface area (Å²) in [5, 5.41) is 15.5. The molecule has 5 nitrogen and oxygen atoms in total. The highest BCUT2D eigenvalue weighted by atomic mass is 32.1. The number of aryl methyl sites for hydroxylation is 1. The molecular weight excluding hydrogens is 348 g/mol. The van der Waals surface area contributed by atoms with Crippen LogP contribution in [0, 0.1) is 6.92 Å². The van der Waals surface area contributed by atoms with Crippen LogP contribution in [-0.4, -0.2) is 22.7 Å². The van der Waals surface area contributed by atoms with E-state index in [4.69, 9.17) is 17.0 Å². The van der Waals surface area contributed by atoms with Crippen LogP contribution < -0.4 is 15.4 Å². The number of anilines is 1. The zero-order valence-electron chi connectivity index (χ0n) is 15.4. The molecule has 2 rings (SSSR count). The molecule has 2 aromatic carbocycles. The van der Waals surface area contributed by atoms with Crippen molar-refractivity contribution in [2.75, 3.05) is 11.9 Å². The summed E-state index contributed by atoms with van der Waals surface area (Å²) < 4.78 is 5.44. The fourth-order valence-corrected chi connectivity index (χ4v) is 2.50. The van der Waals surface area contributed by atoms with E-state index in [0.717, 1.165) is 11.1 Å². The van der Waals surface area contributed by atoms with E-state index >= 15 is 0 Å². The summed E-state index contributed by atoms with van der Waals surface area (Å²) >= 11 is 5.15. The molecule has 0 bridgehead atoms. The molecule has 0 atom stereocenters. The molecule has 0 aliphatic carbocycles. The van der Waals surface area contributed by atoms with Gasteiger partial charge < -0.3 is 15.2 Å². The van der Waals surface area contributed by atoms with Crippen LogP contribution in [0.3, 0.4) is 0 Å². The number of carbonyl (C=O) groups excluding carboxylic acids is 1. The SMILES string of the molecule is Cc1cccc(OCC(=O)NC(=S)Nc2cc(C(C)(C)C)ccc2O)c1. The van der Waals surface area contributed by atoms with Gasteiger partial charge in [-0.1, -0.05) is 39.0 Å². The molecule has 0 aliphatic rings. The third-order valence-electron chi connectivity index (χ3n) is 3.72. The second-order valence-corrected chi connectivity index (χ2v) is 7.50. The Kier molecular flexibility index (Phi) is 6.21. The van der Waals surface area contributed by atoms with Crippen molar-refractivity contribution in [1.29, 1.82) is 0 Å². The van der Waals surface area contributed by atoms with Crippen LogP contribution in [0.1, 0.15) is 31.9 Å². The standard InChI is InChI=1S/C20H24N2O3S/c1-13-6-5-7-15(10-13)25-12-18(24)22-19(26)21-16-11-14(20(2,3)4)8-9-17(16)23/h5-11,23H,12H2,1-4H3,(H2,21,22,24,26). The van der Waals surface area contributed by atoms with Gasteiger partial charge in [0.1, 0.15) is 11.5 Å². The number of benzene rings is 2. The molecule has 26 heavy (non-hydrogen) atoms. The summed E-state index contributed by atoms with van der Waals surface area (Å²) in [6.45, 7) is 8.02. The average molecular weight is 372 g/mol. The highest BCUT2D eigenvalue weighted by Crippen LogP contribution is 2.30. The Labute approximate surface area is 159 Å². The molecule has 138 valence electrons. The van der Waals surface area contributed by atoms with Gasteiger partial charge in [0.2, 0.25) is 0 Å². The summed E-state index contributed by atoms with van der Waals surface area (Å²) in [7, 11) is 0. The Morgan fingerprint density at radius 3 is 2.58 bits per heavy atom. The molecule has 0 radical (unpaired) electrons. The van der Waals surface area contributed by atoms with E-state index in [1.165, 1.54) is 0 Å². The Bertz CT molecular complexity index is 813. The molecule has 0 heterocycles. The Balaban J connectivity index is 1.93. The molecule has 0 aromatic heterocycles. The molecule has 0 fully saturated rings. The highest BCUT2D eigenvalue weighted by molar-refractivity contribution is 7.80. The topological polar surface area (TPSA) is 70.6 Å². The van der Waals surface area contributed by atoms with Gasteiger partial charge in [0.15, 0.2) is 11.7 Å². The number of thiocarbonyl (C=S) groups is 1. The first-order valence-electron chi connectivity index (χ1n) is 8.29. The second kappa shape index (κ2) is 8.19. The number of hydrogen-bond donors (Lipinski definition) is 3. The lowest BCUT2D eigenvalue weighted by molar-refractivity contribution is -0.121. The molecule has 6 heteroatoms. The van der Waals surface area contributed by atoms with Crippen LogP contribution in [-0.2, 0) is 10.2 Å². The molecule has 0 saturated carbocycles. The number of rotatable bonds is 4. The number of phenols is 1. The molecule has 0 saturated heterocycles. The van der Waals surface area contributed by atoms with Crippen molar-refractivity contribution >= 4 is 28.9 Å². The molecule has 0 spiro atoms. The van der Waals surface area contributed by atoms with E-state index in [-0.39, 0.29) is 28.8 Å². The Morgan fingerprint density at radius 2 is 1.92 bits per heavy atom. The molecule has 1 amide bonds. The van der Waals surface area contributed by atoms with Crippen molar-refractivity contribution in [2.45, 2.75) is 33.1 Å². The highest BCUT2D eigenvalue weighted by Gasteiger charge is 2.16. The van der Waals surface area contributed by atoms with Crippen LogP contribution in [0.2, 0.25) is 0 Å². The predicted octanol–water partition coefficient (Wildman–Crippen LogP) is 3.89. The zero-order valence-corrected chi connectivity index (χ0v) is 16.2. The van der Waals surface area contributed by atoms with Crippen molar-refractivity contribution < 1.29 is 14.6 Å². The summed E-state index contributed by atoms with van der Waals surface area (Å²) in [5.74, 6) is 0.302. The fraction of sp³-hybridized carbons (Fsp3) is 0.300. The van der Waals surface area contributed by atoms with Gasteiger partial charge in [0.05, 0.1) is 5.69 Å². The van der Waals surface area contributed by atoms with Gasteiger partial charge in [-0.05, 0) is 59.9 Å². The number of ether oxygens (including phenoxy) is 1. The van der Waals surface area contributed by atoms with Gasteiger partial charge in [-0.2, -0.15) is 0 Å². The van der Waals surface area contributed by atoms with Crippen LogP contribution in [0.5, 0.6) is 11.5 Å². The van der Waals surface area contributed by atoms with Crippen molar-refractivity contribution in [3.8, 4) is 11.5 Å². The first kappa shape index (κ1) is 19.7. The maximum atomic E-state index is 12.0. The maximum absolute atomic E-state index is 12.0. The molecule has 0 unspecified atom stereocenters. The van der Waals surface area contributed by atoms with E-state index in [2.05, 4.69) is 31.4 Å². The average Bonchev–Trinajstić information content (AvgIpc) is 2.54. The zero-order chi connectivity index (χ0) is 19.3. The van der Waals surface area contributed by atoms with Crippen LogP contribution >= 0.6 is 12.2 Å². The van der Waals surface area contributed by atoms with E-state index in [0.29, 0.717) is 11.4 Å². The number of amides is 1. The predicted molar refractivity (Wildman–Crippen MR) is 108 cm³/mol. The Hall–Kier alpha value is -2.60. The van der Waals surface area contributed by atoms with Gasteiger partial charge in [-0.25, -0.2) is 0 Å². The molecule has 3 N–H and O–H groups in total. The fourth-order valence-electron chi connectivity index (χ4n) is 2.27. The number of phenolic OH excluding ortho intramolecular Hbond substituents is 1.